The van der Waals surface area contributed by atoms with Gasteiger partial charge in [0.15, 0.2) is 0 Å². The van der Waals surface area contributed by atoms with E-state index in [0.717, 1.165) is 48.4 Å². The van der Waals surface area contributed by atoms with Gasteiger partial charge in [-0.15, -0.1) is 0 Å². The topological polar surface area (TPSA) is 97.8 Å². The van der Waals surface area contributed by atoms with Crippen molar-refractivity contribution in [3.63, 3.8) is 0 Å². The molecule has 0 atom stereocenters. The number of aryl methyl sites for hydroxylation is 2. The molecular weight excluding hydrogens is 362 g/mol. The third-order valence-corrected chi connectivity index (χ3v) is 5.58. The van der Waals surface area contributed by atoms with Crippen molar-refractivity contribution in [2.45, 2.75) is 51.6 Å². The molecule has 27 heavy (non-hydrogen) atoms. The highest BCUT2D eigenvalue weighted by Gasteiger charge is 2.42. The molecule has 2 heterocycles. The first-order valence-electron chi connectivity index (χ1n) is 9.22. The molecule has 1 saturated carbocycles. The molecule has 0 saturated heterocycles. The molecule has 0 amide bonds. The van der Waals surface area contributed by atoms with Crippen LogP contribution in [0.3, 0.4) is 0 Å². The number of anilines is 1. The highest BCUT2D eigenvalue weighted by Crippen LogP contribution is 2.40. The Balaban J connectivity index is 1.77. The highest BCUT2D eigenvalue weighted by atomic mass is 35.5. The number of halogens is 1. The minimum atomic E-state index is -0.475. The lowest BCUT2D eigenvalue weighted by atomic mass is 9.87. The fourth-order valence-corrected chi connectivity index (χ4v) is 4.43. The van der Waals surface area contributed by atoms with E-state index in [9.17, 15) is 0 Å². The molecular formula is C19H24ClN7. The molecule has 7 nitrogen and oxygen atoms in total. The second-order valence-electron chi connectivity index (χ2n) is 7.29. The van der Waals surface area contributed by atoms with Gasteiger partial charge in [0.2, 0.25) is 11.9 Å². The van der Waals surface area contributed by atoms with E-state index in [0.29, 0.717) is 11.0 Å². The van der Waals surface area contributed by atoms with Gasteiger partial charge in [-0.05, 0) is 63.8 Å². The van der Waals surface area contributed by atoms with Crippen LogP contribution < -0.4 is 16.4 Å². The summed E-state index contributed by atoms with van der Waals surface area (Å²) in [6.45, 7) is 3.97. The first kappa shape index (κ1) is 17.9. The van der Waals surface area contributed by atoms with Gasteiger partial charge in [0.1, 0.15) is 5.66 Å². The standard InChI is InChI=1S/C19H24ClN7/c1-12-10-13(2)27(25-12)16-7-6-14(11-15(16)20)26-18(22)23-17(21)24-19(26)8-4-3-5-9-19/h6-7,10-11H,3-5,8-9H2,1-2H3,(H4,21,22,23,24). The molecule has 0 bridgehead atoms. The average molecular weight is 386 g/mol. The maximum Gasteiger partial charge on any atom is 0.220 e. The summed E-state index contributed by atoms with van der Waals surface area (Å²) in [5.41, 5.74) is 15.4. The molecule has 2 aliphatic rings. The number of nitrogens with two attached hydrogens (primary N) is 2. The van der Waals surface area contributed by atoms with E-state index in [4.69, 9.17) is 28.1 Å². The fraction of sp³-hybridized carbons (Fsp3) is 0.421. The van der Waals surface area contributed by atoms with Crippen LogP contribution in [0, 0.1) is 13.8 Å². The lowest BCUT2D eigenvalue weighted by Crippen LogP contribution is -2.58. The van der Waals surface area contributed by atoms with Crippen molar-refractivity contribution < 1.29 is 0 Å². The Morgan fingerprint density at radius 1 is 1.07 bits per heavy atom. The number of hydrogen-bond donors (Lipinski definition) is 2. The number of benzene rings is 1. The molecule has 142 valence electrons. The second-order valence-corrected chi connectivity index (χ2v) is 7.70. The van der Waals surface area contributed by atoms with Crippen molar-refractivity contribution in [3.05, 3.63) is 40.7 Å². The van der Waals surface area contributed by atoms with E-state index in [1.807, 2.05) is 47.7 Å². The average Bonchev–Trinajstić information content (AvgIpc) is 2.93. The first-order chi connectivity index (χ1) is 12.9. The van der Waals surface area contributed by atoms with Crippen molar-refractivity contribution in [1.29, 1.82) is 0 Å². The van der Waals surface area contributed by atoms with Crippen molar-refractivity contribution in [2.75, 3.05) is 4.90 Å². The number of hydrogen-bond acceptors (Lipinski definition) is 6. The maximum atomic E-state index is 6.64. The van der Waals surface area contributed by atoms with E-state index in [-0.39, 0.29) is 5.96 Å². The van der Waals surface area contributed by atoms with Crippen LogP contribution in [0.4, 0.5) is 5.69 Å². The fourth-order valence-electron chi connectivity index (χ4n) is 4.17. The summed E-state index contributed by atoms with van der Waals surface area (Å²) in [6, 6.07) is 7.88. The predicted molar refractivity (Wildman–Crippen MR) is 110 cm³/mol. The zero-order valence-corrected chi connectivity index (χ0v) is 16.4. The molecule has 1 fully saturated rings. The molecule has 0 unspecified atom stereocenters. The van der Waals surface area contributed by atoms with Crippen molar-refractivity contribution >= 4 is 29.2 Å². The number of aromatic nitrogens is 2. The Morgan fingerprint density at radius 3 is 2.44 bits per heavy atom. The van der Waals surface area contributed by atoms with Gasteiger partial charge in [0.05, 0.1) is 16.4 Å². The van der Waals surface area contributed by atoms with E-state index < -0.39 is 5.66 Å². The van der Waals surface area contributed by atoms with Crippen molar-refractivity contribution in [2.24, 2.45) is 21.5 Å². The van der Waals surface area contributed by atoms with E-state index in [2.05, 4.69) is 10.1 Å². The second kappa shape index (κ2) is 6.56. The van der Waals surface area contributed by atoms with E-state index >= 15 is 0 Å². The van der Waals surface area contributed by atoms with Crippen LogP contribution in [0.1, 0.15) is 43.5 Å². The summed E-state index contributed by atoms with van der Waals surface area (Å²) in [5, 5.41) is 5.12. The van der Waals surface area contributed by atoms with Gasteiger partial charge >= 0.3 is 0 Å². The molecule has 1 aliphatic carbocycles. The smallest absolute Gasteiger partial charge is 0.220 e. The normalized spacial score (nSPS) is 19.1. The SMILES string of the molecule is Cc1cc(C)n(-c2ccc(N3C(N)=NC(N)=NC34CCCCC4)cc2Cl)n1. The van der Waals surface area contributed by atoms with Crippen LogP contribution in [-0.4, -0.2) is 27.4 Å². The summed E-state index contributed by atoms with van der Waals surface area (Å²) < 4.78 is 1.85. The monoisotopic (exact) mass is 385 g/mol. The minimum Gasteiger partial charge on any atom is -0.369 e. The Morgan fingerprint density at radius 2 is 1.81 bits per heavy atom. The molecule has 4 N–H and O–H groups in total. The highest BCUT2D eigenvalue weighted by molar-refractivity contribution is 6.32. The summed E-state index contributed by atoms with van der Waals surface area (Å²) in [6.07, 6.45) is 5.14. The van der Waals surface area contributed by atoms with Gasteiger partial charge in [0.25, 0.3) is 0 Å². The van der Waals surface area contributed by atoms with Gasteiger partial charge < -0.3 is 11.5 Å². The number of nitrogens with zero attached hydrogens (tertiary/aromatic N) is 5. The van der Waals surface area contributed by atoms with Crippen LogP contribution >= 0.6 is 11.6 Å². The summed E-state index contributed by atoms with van der Waals surface area (Å²) in [4.78, 5) is 10.9. The lowest BCUT2D eigenvalue weighted by molar-refractivity contribution is 0.305. The molecule has 0 radical (unpaired) electrons. The van der Waals surface area contributed by atoms with Gasteiger partial charge in [-0.25, -0.2) is 9.67 Å². The molecule has 1 spiro atoms. The number of rotatable bonds is 2. The largest absolute Gasteiger partial charge is 0.369 e. The van der Waals surface area contributed by atoms with Crippen LogP contribution in [0.5, 0.6) is 0 Å². The van der Waals surface area contributed by atoms with Gasteiger partial charge in [0, 0.05) is 11.4 Å². The Kier molecular flexibility index (Phi) is 4.34. The first-order valence-corrected chi connectivity index (χ1v) is 9.60. The predicted octanol–water partition coefficient (Wildman–Crippen LogP) is 3.25. The van der Waals surface area contributed by atoms with E-state index in [1.165, 1.54) is 6.42 Å². The molecule has 1 aromatic carbocycles. The summed E-state index contributed by atoms with van der Waals surface area (Å²) in [7, 11) is 0. The van der Waals surface area contributed by atoms with Crippen molar-refractivity contribution in [1.82, 2.24) is 9.78 Å². The van der Waals surface area contributed by atoms with Crippen LogP contribution in [0.15, 0.2) is 34.3 Å². The van der Waals surface area contributed by atoms with Gasteiger partial charge in [-0.1, -0.05) is 18.0 Å². The lowest BCUT2D eigenvalue weighted by Gasteiger charge is -2.45. The zero-order valence-electron chi connectivity index (χ0n) is 15.6. The molecule has 1 aromatic heterocycles. The third kappa shape index (κ3) is 3.06. The van der Waals surface area contributed by atoms with Gasteiger partial charge in [-0.3, -0.25) is 4.90 Å². The van der Waals surface area contributed by atoms with Crippen LogP contribution in [-0.2, 0) is 0 Å². The summed E-state index contributed by atoms with van der Waals surface area (Å²) in [5.74, 6) is 0.607. The molecule has 1 aliphatic heterocycles. The minimum absolute atomic E-state index is 0.246. The van der Waals surface area contributed by atoms with Crippen LogP contribution in [0.25, 0.3) is 5.69 Å². The quantitative estimate of drug-likeness (QED) is 0.828. The molecule has 4 rings (SSSR count). The molecule has 8 heteroatoms. The van der Waals surface area contributed by atoms with Crippen LogP contribution in [0.2, 0.25) is 5.02 Å². The maximum absolute atomic E-state index is 6.64. The van der Waals surface area contributed by atoms with E-state index in [1.54, 1.807) is 0 Å². The summed E-state index contributed by atoms with van der Waals surface area (Å²) >= 11 is 6.64. The third-order valence-electron chi connectivity index (χ3n) is 5.28. The Hall–Kier alpha value is -2.54. The van der Waals surface area contributed by atoms with Crippen molar-refractivity contribution in [3.8, 4) is 5.69 Å². The number of guanidine groups is 2. The Bertz CT molecular complexity index is 938. The van der Waals surface area contributed by atoms with Gasteiger partial charge in [-0.2, -0.15) is 10.1 Å². The Labute approximate surface area is 163 Å². The number of aliphatic imine (C=N–C) groups is 2. The zero-order chi connectivity index (χ0) is 19.2. The molecule has 2 aromatic rings.